The molecule has 2 aliphatic rings. The molecule has 2 aliphatic heterocycles. The van der Waals surface area contributed by atoms with Crippen LogP contribution < -0.4 is 4.74 Å². The van der Waals surface area contributed by atoms with Gasteiger partial charge in [0.25, 0.3) is 5.91 Å². The van der Waals surface area contributed by atoms with Crippen molar-refractivity contribution >= 4 is 23.4 Å². The number of carbonyl (C=O) groups is 2. The summed E-state index contributed by atoms with van der Waals surface area (Å²) in [5.74, 6) is 0.639. The van der Waals surface area contributed by atoms with Crippen molar-refractivity contribution in [3.8, 4) is 5.75 Å². The van der Waals surface area contributed by atoms with Crippen LogP contribution in [0.1, 0.15) is 41.1 Å². The van der Waals surface area contributed by atoms with Gasteiger partial charge >= 0.3 is 0 Å². The minimum atomic E-state index is -0.229. The van der Waals surface area contributed by atoms with E-state index in [1.165, 1.54) is 6.42 Å². The molecule has 0 saturated carbocycles. The second-order valence-corrected chi connectivity index (χ2v) is 8.53. The Morgan fingerprint density at radius 1 is 0.900 bits per heavy atom. The average Bonchev–Trinajstić information content (AvgIpc) is 3.24. The molecule has 2 aromatic carbocycles. The van der Waals surface area contributed by atoms with E-state index < -0.39 is 0 Å². The fraction of sp³-hybridized carbons (Fsp3) is 0.417. The molecule has 0 bridgehead atoms. The molecule has 0 spiro atoms. The Balaban J connectivity index is 1.59. The zero-order chi connectivity index (χ0) is 21.1. The molecule has 2 aromatic rings. The van der Waals surface area contributed by atoms with Crippen LogP contribution in [0.15, 0.2) is 48.5 Å². The first-order valence-corrected chi connectivity index (χ1v) is 10.9. The highest BCUT2D eigenvalue weighted by Crippen LogP contribution is 2.36. The van der Waals surface area contributed by atoms with Crippen LogP contribution in [0.25, 0.3) is 0 Å². The first-order valence-electron chi connectivity index (χ1n) is 10.5. The standard InChI is InChI=1S/C24H27ClN2O3/c1-30-20-11-7-17(8-12-20)21-15-27(23(28)18-5-9-19(25)10-6-18)16-22(21)24(29)26-13-3-2-4-14-26/h5-12,21-22H,2-4,13-16H2,1H3/t21-,22+/m0/s1. The summed E-state index contributed by atoms with van der Waals surface area (Å²) in [6.07, 6.45) is 3.29. The molecule has 4 rings (SSSR count). The van der Waals surface area contributed by atoms with Crippen LogP contribution in [-0.4, -0.2) is 54.9 Å². The van der Waals surface area contributed by atoms with E-state index in [9.17, 15) is 9.59 Å². The fourth-order valence-electron chi connectivity index (χ4n) is 4.53. The number of amides is 2. The third kappa shape index (κ3) is 4.31. The normalized spacial score (nSPS) is 21.5. The van der Waals surface area contributed by atoms with E-state index in [-0.39, 0.29) is 23.7 Å². The Labute approximate surface area is 182 Å². The molecule has 2 heterocycles. The predicted octanol–water partition coefficient (Wildman–Crippen LogP) is 4.22. The lowest BCUT2D eigenvalue weighted by Crippen LogP contribution is -2.42. The summed E-state index contributed by atoms with van der Waals surface area (Å²) >= 11 is 5.97. The summed E-state index contributed by atoms with van der Waals surface area (Å²) in [5.41, 5.74) is 1.66. The van der Waals surface area contributed by atoms with E-state index in [2.05, 4.69) is 0 Å². The lowest BCUT2D eigenvalue weighted by Gasteiger charge is -2.31. The lowest BCUT2D eigenvalue weighted by molar-refractivity contribution is -0.136. The van der Waals surface area contributed by atoms with Crippen molar-refractivity contribution in [3.05, 3.63) is 64.7 Å². The number of likely N-dealkylation sites (tertiary alicyclic amines) is 2. The van der Waals surface area contributed by atoms with E-state index in [0.717, 1.165) is 37.2 Å². The molecule has 2 fully saturated rings. The van der Waals surface area contributed by atoms with Crippen molar-refractivity contribution in [2.75, 3.05) is 33.3 Å². The summed E-state index contributed by atoms with van der Waals surface area (Å²) < 4.78 is 5.28. The number of nitrogens with zero attached hydrogens (tertiary/aromatic N) is 2. The molecule has 2 saturated heterocycles. The molecule has 6 heteroatoms. The largest absolute Gasteiger partial charge is 0.497 e. The van der Waals surface area contributed by atoms with Gasteiger partial charge in [0.15, 0.2) is 0 Å². The molecule has 0 radical (unpaired) electrons. The predicted molar refractivity (Wildman–Crippen MR) is 117 cm³/mol. The van der Waals surface area contributed by atoms with Crippen molar-refractivity contribution in [2.45, 2.75) is 25.2 Å². The number of benzene rings is 2. The second-order valence-electron chi connectivity index (χ2n) is 8.09. The van der Waals surface area contributed by atoms with Crippen molar-refractivity contribution in [1.82, 2.24) is 9.80 Å². The molecule has 158 valence electrons. The zero-order valence-corrected chi connectivity index (χ0v) is 18.0. The van der Waals surface area contributed by atoms with Crippen molar-refractivity contribution in [1.29, 1.82) is 0 Å². The van der Waals surface area contributed by atoms with Crippen LogP contribution in [-0.2, 0) is 4.79 Å². The number of methoxy groups -OCH3 is 1. The number of ether oxygens (including phenoxy) is 1. The van der Waals surface area contributed by atoms with Gasteiger partial charge in [-0.1, -0.05) is 23.7 Å². The van der Waals surface area contributed by atoms with Crippen LogP contribution >= 0.6 is 11.6 Å². The topological polar surface area (TPSA) is 49.9 Å². The number of piperidine rings is 1. The molecule has 30 heavy (non-hydrogen) atoms. The number of hydrogen-bond acceptors (Lipinski definition) is 3. The molecule has 2 atom stereocenters. The molecule has 0 aliphatic carbocycles. The average molecular weight is 427 g/mol. The Bertz CT molecular complexity index is 892. The van der Waals surface area contributed by atoms with Gasteiger partial charge in [0.05, 0.1) is 13.0 Å². The molecule has 0 unspecified atom stereocenters. The highest BCUT2D eigenvalue weighted by molar-refractivity contribution is 6.30. The molecular formula is C24H27ClN2O3. The van der Waals surface area contributed by atoms with Gasteiger partial charge in [0.2, 0.25) is 5.91 Å². The highest BCUT2D eigenvalue weighted by Gasteiger charge is 2.42. The van der Waals surface area contributed by atoms with Gasteiger partial charge in [0, 0.05) is 42.7 Å². The molecule has 5 nitrogen and oxygen atoms in total. The number of carbonyl (C=O) groups excluding carboxylic acids is 2. The quantitative estimate of drug-likeness (QED) is 0.735. The summed E-state index contributed by atoms with van der Waals surface area (Å²) in [5, 5.41) is 0.599. The Morgan fingerprint density at radius 2 is 1.57 bits per heavy atom. The van der Waals surface area contributed by atoms with E-state index in [1.807, 2.05) is 34.1 Å². The number of rotatable bonds is 4. The minimum Gasteiger partial charge on any atom is -0.497 e. The first-order chi connectivity index (χ1) is 14.6. The maximum absolute atomic E-state index is 13.4. The highest BCUT2D eigenvalue weighted by atomic mass is 35.5. The molecule has 0 aromatic heterocycles. The van der Waals surface area contributed by atoms with Gasteiger partial charge in [-0.15, -0.1) is 0 Å². The third-order valence-electron chi connectivity index (χ3n) is 6.23. The van der Waals surface area contributed by atoms with E-state index in [1.54, 1.807) is 31.4 Å². The Kier molecular flexibility index (Phi) is 6.28. The monoisotopic (exact) mass is 426 g/mol. The van der Waals surface area contributed by atoms with Crippen LogP contribution in [0.3, 0.4) is 0 Å². The Hall–Kier alpha value is -2.53. The van der Waals surface area contributed by atoms with Crippen LogP contribution in [0.2, 0.25) is 5.02 Å². The number of halogens is 1. The van der Waals surface area contributed by atoms with Gasteiger partial charge in [-0.25, -0.2) is 0 Å². The van der Waals surface area contributed by atoms with Gasteiger partial charge in [-0.2, -0.15) is 0 Å². The Morgan fingerprint density at radius 3 is 2.20 bits per heavy atom. The van der Waals surface area contributed by atoms with E-state index in [4.69, 9.17) is 16.3 Å². The fourth-order valence-corrected chi connectivity index (χ4v) is 4.66. The molecular weight excluding hydrogens is 400 g/mol. The van der Waals surface area contributed by atoms with Crippen molar-refractivity contribution in [3.63, 3.8) is 0 Å². The summed E-state index contributed by atoms with van der Waals surface area (Å²) in [6, 6.07) is 14.8. The van der Waals surface area contributed by atoms with Crippen LogP contribution in [0.4, 0.5) is 0 Å². The first kappa shape index (κ1) is 20.7. The number of hydrogen-bond donors (Lipinski definition) is 0. The van der Waals surface area contributed by atoms with Crippen molar-refractivity contribution < 1.29 is 14.3 Å². The van der Waals surface area contributed by atoms with Crippen molar-refractivity contribution in [2.24, 2.45) is 5.92 Å². The maximum Gasteiger partial charge on any atom is 0.253 e. The van der Waals surface area contributed by atoms with Crippen LogP contribution in [0.5, 0.6) is 5.75 Å². The smallest absolute Gasteiger partial charge is 0.253 e. The van der Waals surface area contributed by atoms with Gasteiger partial charge in [-0.05, 0) is 61.2 Å². The second kappa shape index (κ2) is 9.09. The molecule has 0 N–H and O–H groups in total. The SMILES string of the molecule is COc1ccc([C@@H]2CN(C(=O)c3ccc(Cl)cc3)C[C@H]2C(=O)N2CCCCC2)cc1. The van der Waals surface area contributed by atoms with Gasteiger partial charge in [0.1, 0.15) is 5.75 Å². The third-order valence-corrected chi connectivity index (χ3v) is 6.48. The van der Waals surface area contributed by atoms with Gasteiger partial charge in [-0.3, -0.25) is 9.59 Å². The van der Waals surface area contributed by atoms with Gasteiger partial charge < -0.3 is 14.5 Å². The lowest BCUT2D eigenvalue weighted by atomic mass is 9.87. The zero-order valence-electron chi connectivity index (χ0n) is 17.2. The minimum absolute atomic E-state index is 0.0263. The summed E-state index contributed by atoms with van der Waals surface area (Å²) in [7, 11) is 1.64. The van der Waals surface area contributed by atoms with E-state index in [0.29, 0.717) is 23.7 Å². The molecule has 2 amide bonds. The summed E-state index contributed by atoms with van der Waals surface area (Å²) in [6.45, 7) is 2.59. The summed E-state index contributed by atoms with van der Waals surface area (Å²) in [4.78, 5) is 30.3. The maximum atomic E-state index is 13.4. The van der Waals surface area contributed by atoms with Crippen LogP contribution in [0, 0.1) is 5.92 Å². The van der Waals surface area contributed by atoms with E-state index >= 15 is 0 Å².